The summed E-state index contributed by atoms with van der Waals surface area (Å²) in [5, 5.41) is 15.6. The van der Waals surface area contributed by atoms with Crippen molar-refractivity contribution >= 4 is 10.0 Å². The summed E-state index contributed by atoms with van der Waals surface area (Å²) in [6.45, 7) is 0. The van der Waals surface area contributed by atoms with Gasteiger partial charge in [-0.1, -0.05) is 30.3 Å². The maximum Gasteiger partial charge on any atom is 0.241 e. The van der Waals surface area contributed by atoms with E-state index < -0.39 is 21.6 Å². The molecule has 3 N–H and O–H groups in total. The van der Waals surface area contributed by atoms with Crippen LogP contribution in [-0.2, 0) is 22.9 Å². The average molecular weight is 389 g/mol. The first-order chi connectivity index (χ1) is 12.7. The molecular formula is C20H17F2NO3S. The Morgan fingerprint density at radius 3 is 1.74 bits per heavy atom. The van der Waals surface area contributed by atoms with Gasteiger partial charge >= 0.3 is 0 Å². The maximum atomic E-state index is 13.1. The van der Waals surface area contributed by atoms with Crippen molar-refractivity contribution < 1.29 is 22.3 Å². The van der Waals surface area contributed by atoms with E-state index >= 15 is 0 Å². The van der Waals surface area contributed by atoms with Gasteiger partial charge in [0.05, 0.1) is 0 Å². The summed E-state index contributed by atoms with van der Waals surface area (Å²) in [5.41, 5.74) is 2.42. The first-order valence-electron chi connectivity index (χ1n) is 8.09. The van der Waals surface area contributed by atoms with Crippen LogP contribution in [-0.4, -0.2) is 13.5 Å². The SMILES string of the molecule is NS(=O)(=O)c1cc(Cc2ccc(F)cc2)cc(Cc2ccc(F)cc2)c1O. The quantitative estimate of drug-likeness (QED) is 0.701. The number of phenols is 1. The van der Waals surface area contributed by atoms with E-state index in [1.165, 1.54) is 30.3 Å². The van der Waals surface area contributed by atoms with E-state index in [0.29, 0.717) is 23.1 Å². The number of sulfonamides is 1. The fourth-order valence-electron chi connectivity index (χ4n) is 2.84. The highest BCUT2D eigenvalue weighted by Gasteiger charge is 2.19. The van der Waals surface area contributed by atoms with E-state index in [1.807, 2.05) is 0 Å². The van der Waals surface area contributed by atoms with Crippen LogP contribution in [0.15, 0.2) is 65.6 Å². The van der Waals surface area contributed by atoms with Gasteiger partial charge in [-0.2, -0.15) is 0 Å². The number of phenolic OH excluding ortho intramolecular Hbond substituents is 1. The lowest BCUT2D eigenvalue weighted by Crippen LogP contribution is -2.13. The Hall–Kier alpha value is -2.77. The average Bonchev–Trinajstić information content (AvgIpc) is 2.60. The largest absolute Gasteiger partial charge is 0.506 e. The van der Waals surface area contributed by atoms with Crippen LogP contribution in [0.4, 0.5) is 8.78 Å². The molecule has 0 saturated heterocycles. The molecule has 0 amide bonds. The highest BCUT2D eigenvalue weighted by atomic mass is 32.2. The molecule has 0 spiro atoms. The molecule has 0 saturated carbocycles. The number of hydrogen-bond donors (Lipinski definition) is 2. The minimum absolute atomic E-state index is 0.200. The second-order valence-corrected chi connectivity index (χ2v) is 7.78. The van der Waals surface area contributed by atoms with Gasteiger partial charge in [0.25, 0.3) is 0 Å². The van der Waals surface area contributed by atoms with Crippen LogP contribution in [0.5, 0.6) is 5.75 Å². The van der Waals surface area contributed by atoms with Crippen LogP contribution in [0, 0.1) is 11.6 Å². The summed E-state index contributed by atoms with van der Waals surface area (Å²) < 4.78 is 49.9. The molecule has 7 heteroatoms. The maximum absolute atomic E-state index is 13.1. The predicted molar refractivity (Wildman–Crippen MR) is 97.9 cm³/mol. The lowest BCUT2D eigenvalue weighted by Gasteiger charge is -2.13. The topological polar surface area (TPSA) is 80.4 Å². The highest BCUT2D eigenvalue weighted by Crippen LogP contribution is 2.31. The van der Waals surface area contributed by atoms with Gasteiger partial charge in [-0.3, -0.25) is 0 Å². The number of aromatic hydroxyl groups is 1. The van der Waals surface area contributed by atoms with Crippen molar-refractivity contribution in [3.05, 3.63) is 94.6 Å². The Morgan fingerprint density at radius 2 is 1.26 bits per heavy atom. The van der Waals surface area contributed by atoms with Crippen molar-refractivity contribution in [2.24, 2.45) is 5.14 Å². The lowest BCUT2D eigenvalue weighted by molar-refractivity contribution is 0.452. The van der Waals surface area contributed by atoms with Crippen molar-refractivity contribution in [3.8, 4) is 5.75 Å². The number of benzene rings is 3. The molecule has 0 fully saturated rings. The third-order valence-corrected chi connectivity index (χ3v) is 5.07. The zero-order valence-corrected chi connectivity index (χ0v) is 15.0. The Morgan fingerprint density at radius 1 is 0.778 bits per heavy atom. The fraction of sp³-hybridized carbons (Fsp3) is 0.100. The molecule has 0 radical (unpaired) electrons. The van der Waals surface area contributed by atoms with Crippen molar-refractivity contribution in [1.82, 2.24) is 0 Å². The van der Waals surface area contributed by atoms with Crippen LogP contribution < -0.4 is 5.14 Å². The summed E-state index contributed by atoms with van der Waals surface area (Å²) >= 11 is 0. The smallest absolute Gasteiger partial charge is 0.241 e. The van der Waals surface area contributed by atoms with Gasteiger partial charge in [-0.15, -0.1) is 0 Å². The molecule has 3 aromatic rings. The van der Waals surface area contributed by atoms with E-state index in [0.717, 1.165) is 5.56 Å². The number of nitrogens with two attached hydrogens (primary N) is 1. The molecule has 27 heavy (non-hydrogen) atoms. The van der Waals surface area contributed by atoms with Gasteiger partial charge in [0.2, 0.25) is 10.0 Å². The lowest BCUT2D eigenvalue weighted by atomic mass is 9.98. The molecule has 0 bridgehead atoms. The molecule has 4 nitrogen and oxygen atoms in total. The minimum atomic E-state index is -4.15. The molecule has 0 aliphatic heterocycles. The van der Waals surface area contributed by atoms with Crippen LogP contribution in [0.3, 0.4) is 0 Å². The Labute approximate surface area is 156 Å². The first kappa shape index (κ1) is 19.0. The summed E-state index contributed by atoms with van der Waals surface area (Å²) in [4.78, 5) is -0.376. The summed E-state index contributed by atoms with van der Waals surface area (Å²) in [6, 6.07) is 14.5. The molecular weight excluding hydrogens is 372 g/mol. The molecule has 140 valence electrons. The van der Waals surface area contributed by atoms with Gasteiger partial charge in [-0.05, 0) is 59.0 Å². The second-order valence-electron chi connectivity index (χ2n) is 6.25. The summed E-state index contributed by atoms with van der Waals surface area (Å²) in [7, 11) is -4.15. The van der Waals surface area contributed by atoms with Crippen molar-refractivity contribution in [3.63, 3.8) is 0 Å². The molecule has 0 aliphatic rings. The third kappa shape index (κ3) is 4.69. The molecule has 3 aromatic carbocycles. The zero-order valence-electron chi connectivity index (χ0n) is 14.2. The molecule has 3 rings (SSSR count). The van der Waals surface area contributed by atoms with Gasteiger partial charge in [0, 0.05) is 6.42 Å². The summed E-state index contributed by atoms with van der Waals surface area (Å²) in [5.74, 6) is -1.19. The van der Waals surface area contributed by atoms with Crippen LogP contribution in [0.2, 0.25) is 0 Å². The van der Waals surface area contributed by atoms with Crippen LogP contribution >= 0.6 is 0 Å². The highest BCUT2D eigenvalue weighted by molar-refractivity contribution is 7.89. The number of rotatable bonds is 5. The zero-order chi connectivity index (χ0) is 19.6. The van der Waals surface area contributed by atoms with Crippen molar-refractivity contribution in [2.45, 2.75) is 17.7 Å². The normalized spacial score (nSPS) is 11.5. The standard InChI is InChI=1S/C20H17F2NO3S/c21-17-5-1-13(2-6-17)9-15-11-16(10-14-3-7-18(22)8-4-14)20(24)19(12-15)27(23,25)26/h1-8,11-12,24H,9-10H2,(H2,23,25,26). The van der Waals surface area contributed by atoms with Gasteiger partial charge in [-0.25, -0.2) is 22.3 Å². The Balaban J connectivity index is 2.03. The molecule has 0 unspecified atom stereocenters. The monoisotopic (exact) mass is 389 g/mol. The minimum Gasteiger partial charge on any atom is -0.506 e. The molecule has 0 aromatic heterocycles. The van der Waals surface area contributed by atoms with E-state index in [4.69, 9.17) is 5.14 Å². The van der Waals surface area contributed by atoms with E-state index in [9.17, 15) is 22.3 Å². The van der Waals surface area contributed by atoms with Gasteiger partial charge < -0.3 is 5.11 Å². The van der Waals surface area contributed by atoms with Gasteiger partial charge in [0.15, 0.2) is 0 Å². The third-order valence-electron chi connectivity index (χ3n) is 4.15. The van der Waals surface area contributed by atoms with E-state index in [2.05, 4.69) is 0 Å². The summed E-state index contributed by atoms with van der Waals surface area (Å²) in [6.07, 6.45) is 0.533. The van der Waals surface area contributed by atoms with E-state index in [1.54, 1.807) is 30.3 Å². The van der Waals surface area contributed by atoms with Gasteiger partial charge in [0.1, 0.15) is 22.3 Å². The number of primary sulfonamides is 1. The van der Waals surface area contributed by atoms with Crippen LogP contribution in [0.1, 0.15) is 22.3 Å². The Bertz CT molecular complexity index is 1060. The first-order valence-corrected chi connectivity index (χ1v) is 9.63. The van der Waals surface area contributed by atoms with Crippen molar-refractivity contribution in [1.29, 1.82) is 0 Å². The van der Waals surface area contributed by atoms with Crippen LogP contribution in [0.25, 0.3) is 0 Å². The molecule has 0 aliphatic carbocycles. The van der Waals surface area contributed by atoms with E-state index in [-0.39, 0.29) is 17.1 Å². The predicted octanol–water partition coefficient (Wildman–Crippen LogP) is 3.50. The Kier molecular flexibility index (Phi) is 5.25. The number of halogens is 2. The van der Waals surface area contributed by atoms with Crippen molar-refractivity contribution in [2.75, 3.05) is 0 Å². The molecule has 0 heterocycles. The fourth-order valence-corrected chi connectivity index (χ4v) is 3.56. The number of hydrogen-bond acceptors (Lipinski definition) is 3. The molecule has 0 atom stereocenters. The second kappa shape index (κ2) is 7.46.